The zero-order valence-electron chi connectivity index (χ0n) is 7.59. The first-order valence-corrected chi connectivity index (χ1v) is 4.40. The standard InChI is InChI=1S/C11H13N/c1-8-4-3-5-11-10(8)7-6-9(2)12-11/h3-5H,6-7H2,1-2H3. The Morgan fingerprint density at radius 1 is 1.17 bits per heavy atom. The lowest BCUT2D eigenvalue weighted by atomic mass is 9.98. The Bertz CT molecular complexity index is 337. The number of fused-ring (bicyclic) bond motifs is 1. The van der Waals surface area contributed by atoms with Crippen molar-refractivity contribution in [2.24, 2.45) is 4.99 Å². The maximum Gasteiger partial charge on any atom is 0.0663 e. The quantitative estimate of drug-likeness (QED) is 0.551. The van der Waals surface area contributed by atoms with Crippen molar-refractivity contribution in [3.63, 3.8) is 0 Å². The predicted molar refractivity (Wildman–Crippen MR) is 52.3 cm³/mol. The second kappa shape index (κ2) is 2.74. The summed E-state index contributed by atoms with van der Waals surface area (Å²) >= 11 is 0. The summed E-state index contributed by atoms with van der Waals surface area (Å²) < 4.78 is 0. The molecule has 0 saturated heterocycles. The fourth-order valence-corrected chi connectivity index (χ4v) is 1.68. The largest absolute Gasteiger partial charge is 0.258 e. The first-order valence-electron chi connectivity index (χ1n) is 4.40. The van der Waals surface area contributed by atoms with E-state index >= 15 is 0 Å². The minimum atomic E-state index is 1.12. The van der Waals surface area contributed by atoms with Gasteiger partial charge in [0.2, 0.25) is 0 Å². The van der Waals surface area contributed by atoms with Crippen molar-refractivity contribution < 1.29 is 0 Å². The second-order valence-corrected chi connectivity index (χ2v) is 3.42. The van der Waals surface area contributed by atoms with Gasteiger partial charge in [0.1, 0.15) is 0 Å². The highest BCUT2D eigenvalue weighted by atomic mass is 14.8. The molecule has 1 heterocycles. The molecule has 0 spiro atoms. The van der Waals surface area contributed by atoms with E-state index in [1.807, 2.05) is 0 Å². The number of hydrogen-bond donors (Lipinski definition) is 0. The van der Waals surface area contributed by atoms with Crippen LogP contribution < -0.4 is 0 Å². The van der Waals surface area contributed by atoms with Gasteiger partial charge in [-0.15, -0.1) is 0 Å². The molecule has 62 valence electrons. The topological polar surface area (TPSA) is 12.4 Å². The molecule has 1 aliphatic rings. The van der Waals surface area contributed by atoms with E-state index in [1.165, 1.54) is 22.5 Å². The Balaban J connectivity index is 2.57. The molecule has 1 aromatic carbocycles. The average molecular weight is 159 g/mol. The van der Waals surface area contributed by atoms with Crippen LogP contribution in [0.25, 0.3) is 0 Å². The van der Waals surface area contributed by atoms with E-state index in [1.54, 1.807) is 0 Å². The van der Waals surface area contributed by atoms with E-state index < -0.39 is 0 Å². The van der Waals surface area contributed by atoms with Gasteiger partial charge in [-0.05, 0) is 43.9 Å². The summed E-state index contributed by atoms with van der Waals surface area (Å²) in [6.07, 6.45) is 2.29. The van der Waals surface area contributed by atoms with Gasteiger partial charge in [0, 0.05) is 5.71 Å². The molecule has 0 fully saturated rings. The van der Waals surface area contributed by atoms with E-state index in [9.17, 15) is 0 Å². The van der Waals surface area contributed by atoms with E-state index in [0.717, 1.165) is 12.8 Å². The van der Waals surface area contributed by atoms with Crippen molar-refractivity contribution in [1.29, 1.82) is 0 Å². The van der Waals surface area contributed by atoms with Crippen molar-refractivity contribution in [3.8, 4) is 0 Å². The molecule has 0 aliphatic carbocycles. The maximum atomic E-state index is 4.52. The highest BCUT2D eigenvalue weighted by Gasteiger charge is 2.09. The molecule has 1 aliphatic heterocycles. The summed E-state index contributed by atoms with van der Waals surface area (Å²) in [7, 11) is 0. The molecular formula is C11H13N. The molecule has 0 amide bonds. The Morgan fingerprint density at radius 3 is 2.83 bits per heavy atom. The van der Waals surface area contributed by atoms with E-state index in [0.29, 0.717) is 0 Å². The van der Waals surface area contributed by atoms with Gasteiger partial charge in [-0.1, -0.05) is 12.1 Å². The highest BCUT2D eigenvalue weighted by Crippen LogP contribution is 2.27. The van der Waals surface area contributed by atoms with Crippen LogP contribution in [0.1, 0.15) is 24.5 Å². The molecule has 1 heteroatoms. The Labute approximate surface area is 73.1 Å². The monoisotopic (exact) mass is 159 g/mol. The van der Waals surface area contributed by atoms with Crippen LogP contribution in [0.5, 0.6) is 0 Å². The summed E-state index contributed by atoms with van der Waals surface area (Å²) in [5.74, 6) is 0. The average Bonchev–Trinajstić information content (AvgIpc) is 2.04. The number of nitrogens with zero attached hydrogens (tertiary/aromatic N) is 1. The summed E-state index contributed by atoms with van der Waals surface area (Å²) in [6.45, 7) is 4.26. The van der Waals surface area contributed by atoms with Gasteiger partial charge >= 0.3 is 0 Å². The zero-order valence-corrected chi connectivity index (χ0v) is 7.59. The zero-order chi connectivity index (χ0) is 8.55. The van der Waals surface area contributed by atoms with Gasteiger partial charge in [-0.3, -0.25) is 4.99 Å². The maximum absolute atomic E-state index is 4.52. The number of aryl methyl sites for hydroxylation is 1. The molecular weight excluding hydrogens is 146 g/mol. The van der Waals surface area contributed by atoms with Crippen molar-refractivity contribution in [1.82, 2.24) is 0 Å². The molecule has 0 radical (unpaired) electrons. The number of hydrogen-bond acceptors (Lipinski definition) is 1. The normalized spacial score (nSPS) is 15.3. The van der Waals surface area contributed by atoms with Gasteiger partial charge in [-0.25, -0.2) is 0 Å². The molecule has 12 heavy (non-hydrogen) atoms. The third-order valence-corrected chi connectivity index (χ3v) is 2.43. The summed E-state index contributed by atoms with van der Waals surface area (Å²) in [6, 6.07) is 6.34. The molecule has 0 unspecified atom stereocenters. The molecule has 0 N–H and O–H groups in total. The lowest BCUT2D eigenvalue weighted by Gasteiger charge is -2.14. The SMILES string of the molecule is CC1=Nc2cccc(C)c2CC1. The minimum absolute atomic E-state index is 1.12. The summed E-state index contributed by atoms with van der Waals surface area (Å²) in [5, 5.41) is 0. The van der Waals surface area contributed by atoms with Crippen LogP contribution in [0.15, 0.2) is 23.2 Å². The number of rotatable bonds is 0. The van der Waals surface area contributed by atoms with Crippen molar-refractivity contribution in [2.45, 2.75) is 26.7 Å². The summed E-state index contributed by atoms with van der Waals surface area (Å²) in [5.41, 5.74) is 5.25. The molecule has 0 bridgehead atoms. The summed E-state index contributed by atoms with van der Waals surface area (Å²) in [4.78, 5) is 4.52. The number of aliphatic imine (C=N–C) groups is 1. The van der Waals surface area contributed by atoms with Crippen LogP contribution in [0.2, 0.25) is 0 Å². The lowest BCUT2D eigenvalue weighted by molar-refractivity contribution is 0.986. The number of benzene rings is 1. The van der Waals surface area contributed by atoms with Crippen molar-refractivity contribution >= 4 is 11.4 Å². The van der Waals surface area contributed by atoms with Gasteiger partial charge < -0.3 is 0 Å². The highest BCUT2D eigenvalue weighted by molar-refractivity contribution is 5.87. The molecule has 0 saturated carbocycles. The van der Waals surface area contributed by atoms with Gasteiger partial charge in [0.25, 0.3) is 0 Å². The van der Waals surface area contributed by atoms with Crippen LogP contribution >= 0.6 is 0 Å². The van der Waals surface area contributed by atoms with Crippen LogP contribution in [0.3, 0.4) is 0 Å². The van der Waals surface area contributed by atoms with E-state index in [-0.39, 0.29) is 0 Å². The Hall–Kier alpha value is -1.11. The van der Waals surface area contributed by atoms with E-state index in [4.69, 9.17) is 0 Å². The predicted octanol–water partition coefficient (Wildman–Crippen LogP) is 3.03. The lowest BCUT2D eigenvalue weighted by Crippen LogP contribution is -2.02. The second-order valence-electron chi connectivity index (χ2n) is 3.42. The third-order valence-electron chi connectivity index (χ3n) is 2.43. The fraction of sp³-hybridized carbons (Fsp3) is 0.364. The first-order chi connectivity index (χ1) is 5.77. The smallest absolute Gasteiger partial charge is 0.0663 e. The van der Waals surface area contributed by atoms with Crippen molar-refractivity contribution in [3.05, 3.63) is 29.3 Å². The molecule has 1 nitrogen and oxygen atoms in total. The van der Waals surface area contributed by atoms with Crippen LogP contribution in [-0.4, -0.2) is 5.71 Å². The van der Waals surface area contributed by atoms with Gasteiger partial charge in [-0.2, -0.15) is 0 Å². The van der Waals surface area contributed by atoms with Crippen LogP contribution in [0, 0.1) is 6.92 Å². The molecule has 0 atom stereocenters. The molecule has 1 aromatic rings. The molecule has 0 aromatic heterocycles. The van der Waals surface area contributed by atoms with Gasteiger partial charge in [0.05, 0.1) is 5.69 Å². The molecule has 2 rings (SSSR count). The fourth-order valence-electron chi connectivity index (χ4n) is 1.68. The minimum Gasteiger partial charge on any atom is -0.258 e. The van der Waals surface area contributed by atoms with Crippen molar-refractivity contribution in [2.75, 3.05) is 0 Å². The van der Waals surface area contributed by atoms with E-state index in [2.05, 4.69) is 37.0 Å². The Morgan fingerprint density at radius 2 is 2.00 bits per heavy atom. The first kappa shape index (κ1) is 7.53. The van der Waals surface area contributed by atoms with Crippen LogP contribution in [0.4, 0.5) is 5.69 Å². The van der Waals surface area contributed by atoms with Gasteiger partial charge in [0.15, 0.2) is 0 Å². The Kier molecular flexibility index (Phi) is 1.72. The third kappa shape index (κ3) is 1.15. The van der Waals surface area contributed by atoms with Crippen LogP contribution in [-0.2, 0) is 6.42 Å².